The predicted octanol–water partition coefficient (Wildman–Crippen LogP) is 5.36. The number of halogens is 2. The molecule has 0 saturated carbocycles. The summed E-state index contributed by atoms with van der Waals surface area (Å²) in [5, 5.41) is 0. The summed E-state index contributed by atoms with van der Waals surface area (Å²) in [5.74, 6) is -2.06. The van der Waals surface area contributed by atoms with Crippen LogP contribution in [0, 0.1) is 11.6 Å². The molecule has 2 aromatic carbocycles. The van der Waals surface area contributed by atoms with Gasteiger partial charge in [-0.2, -0.15) is 4.39 Å². The van der Waals surface area contributed by atoms with E-state index in [1.165, 1.54) is 18.7 Å². The number of rotatable bonds is 7. The average molecular weight is 376 g/mol. The van der Waals surface area contributed by atoms with Gasteiger partial charge in [0.25, 0.3) is 0 Å². The van der Waals surface area contributed by atoms with Crippen LogP contribution in [-0.4, -0.2) is 20.0 Å². The zero-order valence-corrected chi connectivity index (χ0v) is 15.8. The zero-order chi connectivity index (χ0) is 19.2. The van der Waals surface area contributed by atoms with Gasteiger partial charge in [0, 0.05) is 5.92 Å². The minimum Gasteiger partial charge on any atom is -0.494 e. The third-order valence-electron chi connectivity index (χ3n) is 4.97. The van der Waals surface area contributed by atoms with Crippen molar-refractivity contribution in [3.8, 4) is 5.75 Å². The average Bonchev–Trinajstić information content (AvgIpc) is 2.70. The van der Waals surface area contributed by atoms with E-state index in [9.17, 15) is 8.78 Å². The Labute approximate surface area is 159 Å². The van der Waals surface area contributed by atoms with Crippen LogP contribution in [0.1, 0.15) is 48.8 Å². The Morgan fingerprint density at radius 2 is 1.74 bits per heavy atom. The smallest absolute Gasteiger partial charge is 0.200 e. The van der Waals surface area contributed by atoms with E-state index in [2.05, 4.69) is 31.2 Å². The fourth-order valence-electron chi connectivity index (χ4n) is 3.40. The molecule has 2 atom stereocenters. The molecule has 0 amide bonds. The molecule has 0 spiro atoms. The second-order valence-electron chi connectivity index (χ2n) is 6.90. The largest absolute Gasteiger partial charge is 0.494 e. The van der Waals surface area contributed by atoms with E-state index < -0.39 is 11.6 Å². The second kappa shape index (κ2) is 9.29. The summed E-state index contributed by atoms with van der Waals surface area (Å²) >= 11 is 0. The van der Waals surface area contributed by atoms with Gasteiger partial charge in [-0.05, 0) is 42.0 Å². The molecule has 1 saturated heterocycles. The molecule has 3 nitrogen and oxygen atoms in total. The number of methoxy groups -OCH3 is 1. The topological polar surface area (TPSA) is 27.7 Å². The van der Waals surface area contributed by atoms with Crippen molar-refractivity contribution in [3.63, 3.8) is 0 Å². The Bertz CT molecular complexity index is 738. The number of aryl methyl sites for hydroxylation is 1. The molecule has 0 bridgehead atoms. The Morgan fingerprint density at radius 3 is 2.37 bits per heavy atom. The highest BCUT2D eigenvalue weighted by molar-refractivity contribution is 5.33. The van der Waals surface area contributed by atoms with Crippen LogP contribution in [0.3, 0.4) is 0 Å². The van der Waals surface area contributed by atoms with Crippen molar-refractivity contribution in [2.45, 2.75) is 51.4 Å². The van der Waals surface area contributed by atoms with E-state index >= 15 is 0 Å². The van der Waals surface area contributed by atoms with Gasteiger partial charge in [0.15, 0.2) is 17.9 Å². The van der Waals surface area contributed by atoms with Gasteiger partial charge in [-0.1, -0.05) is 43.7 Å². The van der Waals surface area contributed by atoms with Crippen LogP contribution in [0.25, 0.3) is 0 Å². The first-order chi connectivity index (χ1) is 13.1. The molecule has 0 N–H and O–H groups in total. The van der Waals surface area contributed by atoms with Crippen molar-refractivity contribution in [2.24, 2.45) is 0 Å². The maximum atomic E-state index is 14.2. The van der Waals surface area contributed by atoms with Crippen LogP contribution in [0.4, 0.5) is 8.78 Å². The molecule has 1 fully saturated rings. The normalized spacial score (nSPS) is 19.9. The fourth-order valence-corrected chi connectivity index (χ4v) is 3.40. The molecular formula is C22H26F2O3. The lowest BCUT2D eigenvalue weighted by Gasteiger charge is -2.29. The number of hydrogen-bond donors (Lipinski definition) is 0. The summed E-state index contributed by atoms with van der Waals surface area (Å²) in [4.78, 5) is 0. The SMILES string of the molecule is CCCc1ccc(COC2CCC(c3ccc(OC)c(F)c3F)CO2)cc1. The molecule has 1 aliphatic heterocycles. The Hall–Kier alpha value is -1.98. The summed E-state index contributed by atoms with van der Waals surface area (Å²) in [6.07, 6.45) is 3.22. The highest BCUT2D eigenvalue weighted by Crippen LogP contribution is 2.33. The van der Waals surface area contributed by atoms with E-state index in [-0.39, 0.29) is 18.0 Å². The lowest BCUT2D eigenvalue weighted by Crippen LogP contribution is -2.27. The molecule has 0 aliphatic carbocycles. The quantitative estimate of drug-likeness (QED) is 0.651. The Morgan fingerprint density at radius 1 is 1.00 bits per heavy atom. The first-order valence-electron chi connectivity index (χ1n) is 9.45. The molecule has 2 aromatic rings. The summed E-state index contributed by atoms with van der Waals surface area (Å²) < 4.78 is 44.5. The van der Waals surface area contributed by atoms with Crippen LogP contribution < -0.4 is 4.74 Å². The van der Waals surface area contributed by atoms with Crippen molar-refractivity contribution in [3.05, 3.63) is 64.7 Å². The first-order valence-corrected chi connectivity index (χ1v) is 9.45. The number of ether oxygens (including phenoxy) is 3. The van der Waals surface area contributed by atoms with Gasteiger partial charge < -0.3 is 14.2 Å². The Kier molecular flexibility index (Phi) is 6.80. The highest BCUT2D eigenvalue weighted by Gasteiger charge is 2.27. The van der Waals surface area contributed by atoms with Gasteiger partial charge in [-0.25, -0.2) is 4.39 Å². The van der Waals surface area contributed by atoms with Crippen LogP contribution >= 0.6 is 0 Å². The van der Waals surface area contributed by atoms with E-state index in [1.807, 2.05) is 0 Å². The molecule has 0 radical (unpaired) electrons. The lowest BCUT2D eigenvalue weighted by atomic mass is 9.92. The minimum atomic E-state index is -0.945. The highest BCUT2D eigenvalue weighted by atomic mass is 19.2. The fraction of sp³-hybridized carbons (Fsp3) is 0.455. The summed E-state index contributed by atoms with van der Waals surface area (Å²) in [7, 11) is 1.32. The maximum Gasteiger partial charge on any atom is 0.200 e. The first kappa shape index (κ1) is 19.8. The molecule has 2 unspecified atom stereocenters. The molecule has 1 heterocycles. The molecule has 3 rings (SSSR count). The maximum absolute atomic E-state index is 14.2. The predicted molar refractivity (Wildman–Crippen MR) is 99.9 cm³/mol. The van der Waals surface area contributed by atoms with E-state index in [4.69, 9.17) is 14.2 Å². The monoisotopic (exact) mass is 376 g/mol. The van der Waals surface area contributed by atoms with Gasteiger partial charge in [-0.3, -0.25) is 0 Å². The molecule has 27 heavy (non-hydrogen) atoms. The second-order valence-corrected chi connectivity index (χ2v) is 6.90. The minimum absolute atomic E-state index is 0.0841. The van der Waals surface area contributed by atoms with Crippen molar-refractivity contribution in [1.29, 1.82) is 0 Å². The number of benzene rings is 2. The van der Waals surface area contributed by atoms with Gasteiger partial charge >= 0.3 is 0 Å². The van der Waals surface area contributed by atoms with Crippen LogP contribution in [-0.2, 0) is 22.5 Å². The van der Waals surface area contributed by atoms with Gasteiger partial charge in [0.2, 0.25) is 5.82 Å². The Balaban J connectivity index is 1.51. The summed E-state index contributed by atoms with van der Waals surface area (Å²) in [6.45, 7) is 2.95. The standard InChI is InChI=1S/C22H26F2O3/c1-3-4-15-5-7-16(8-6-15)13-26-20-12-9-17(14-27-20)18-10-11-19(25-2)22(24)21(18)23/h5-8,10-11,17,20H,3-4,9,12-14H2,1-2H3. The van der Waals surface area contributed by atoms with Crippen LogP contribution in [0.5, 0.6) is 5.75 Å². The molecule has 5 heteroatoms. The van der Waals surface area contributed by atoms with Crippen molar-refractivity contribution >= 4 is 0 Å². The van der Waals surface area contributed by atoms with Crippen LogP contribution in [0.15, 0.2) is 36.4 Å². The van der Waals surface area contributed by atoms with Gasteiger partial charge in [-0.15, -0.1) is 0 Å². The lowest BCUT2D eigenvalue weighted by molar-refractivity contribution is -0.173. The van der Waals surface area contributed by atoms with E-state index in [1.54, 1.807) is 6.07 Å². The van der Waals surface area contributed by atoms with Crippen LogP contribution in [0.2, 0.25) is 0 Å². The summed E-state index contributed by atoms with van der Waals surface area (Å²) in [6, 6.07) is 11.4. The van der Waals surface area contributed by atoms with E-state index in [0.717, 1.165) is 18.4 Å². The molecule has 0 aromatic heterocycles. The van der Waals surface area contributed by atoms with E-state index in [0.29, 0.717) is 31.6 Å². The van der Waals surface area contributed by atoms with Crippen molar-refractivity contribution in [2.75, 3.05) is 13.7 Å². The van der Waals surface area contributed by atoms with Gasteiger partial charge in [0.1, 0.15) is 0 Å². The zero-order valence-electron chi connectivity index (χ0n) is 15.8. The molecule has 1 aliphatic rings. The summed E-state index contributed by atoms with van der Waals surface area (Å²) in [5.41, 5.74) is 2.76. The van der Waals surface area contributed by atoms with Crippen molar-refractivity contribution in [1.82, 2.24) is 0 Å². The van der Waals surface area contributed by atoms with Gasteiger partial charge in [0.05, 0.1) is 20.3 Å². The third-order valence-corrected chi connectivity index (χ3v) is 4.97. The van der Waals surface area contributed by atoms with Crippen molar-refractivity contribution < 1.29 is 23.0 Å². The molecular weight excluding hydrogens is 350 g/mol. The number of hydrogen-bond acceptors (Lipinski definition) is 3. The molecule has 146 valence electrons. The third kappa shape index (κ3) is 4.85.